The molecule has 0 aliphatic heterocycles. The van der Waals surface area contributed by atoms with E-state index in [-0.39, 0.29) is 34.5 Å². The van der Waals surface area contributed by atoms with Crippen molar-refractivity contribution in [1.82, 2.24) is 5.32 Å². The fourth-order valence-electron chi connectivity index (χ4n) is 4.99. The molecule has 39 heavy (non-hydrogen) atoms. The van der Waals surface area contributed by atoms with Crippen LogP contribution in [0.15, 0.2) is 42.5 Å². The lowest BCUT2D eigenvalue weighted by Crippen LogP contribution is -2.49. The maximum Gasteiger partial charge on any atom is 0.329 e. The molecule has 2 amide bonds. The average molecular weight is 579 g/mol. The van der Waals surface area contributed by atoms with Gasteiger partial charge in [0, 0.05) is 18.0 Å². The fraction of sp³-hybridized carbons (Fsp3) is 0.429. The van der Waals surface area contributed by atoms with Crippen LogP contribution in [0.2, 0.25) is 10.0 Å². The molecule has 0 unspecified atom stereocenters. The summed E-state index contributed by atoms with van der Waals surface area (Å²) in [6, 6.07) is 10.2. The van der Waals surface area contributed by atoms with E-state index >= 15 is 0 Å². The topological polar surface area (TPSA) is 142 Å². The SMILES string of the molecule is CC1(C)[C@H](C(=O)N[C@@H](Cc2ccc(NC(=O)c3c(Cl)cccc3Cl)cc2)C(=O)O)CC[C@]1(C)COCC(=O)O. The predicted molar refractivity (Wildman–Crippen MR) is 147 cm³/mol. The number of amides is 2. The number of halogens is 2. The number of hydrogen-bond donors (Lipinski definition) is 4. The Kier molecular flexibility index (Phi) is 9.64. The molecule has 2 aromatic rings. The van der Waals surface area contributed by atoms with Crippen molar-refractivity contribution in [3.63, 3.8) is 0 Å². The zero-order valence-electron chi connectivity index (χ0n) is 21.9. The second-order valence-electron chi connectivity index (χ2n) is 10.6. The van der Waals surface area contributed by atoms with Crippen molar-refractivity contribution >= 4 is 52.6 Å². The molecule has 0 saturated heterocycles. The van der Waals surface area contributed by atoms with E-state index in [0.29, 0.717) is 24.1 Å². The van der Waals surface area contributed by atoms with Gasteiger partial charge in [-0.1, -0.05) is 62.2 Å². The van der Waals surface area contributed by atoms with Crippen LogP contribution in [0, 0.1) is 16.7 Å². The van der Waals surface area contributed by atoms with Gasteiger partial charge in [0.05, 0.1) is 22.2 Å². The predicted octanol–water partition coefficient (Wildman–Crippen LogP) is 4.90. The van der Waals surface area contributed by atoms with Gasteiger partial charge in [0.1, 0.15) is 12.6 Å². The number of benzene rings is 2. The Morgan fingerprint density at radius 2 is 1.64 bits per heavy atom. The van der Waals surface area contributed by atoms with Gasteiger partial charge in [-0.3, -0.25) is 9.59 Å². The van der Waals surface area contributed by atoms with Crippen molar-refractivity contribution in [3.05, 3.63) is 63.6 Å². The van der Waals surface area contributed by atoms with Crippen LogP contribution in [0.3, 0.4) is 0 Å². The van der Waals surface area contributed by atoms with Crippen LogP contribution < -0.4 is 10.6 Å². The van der Waals surface area contributed by atoms with Crippen LogP contribution in [0.1, 0.15) is 49.5 Å². The van der Waals surface area contributed by atoms with Gasteiger partial charge >= 0.3 is 11.9 Å². The van der Waals surface area contributed by atoms with Crippen molar-refractivity contribution in [3.8, 4) is 0 Å². The zero-order valence-corrected chi connectivity index (χ0v) is 23.4. The van der Waals surface area contributed by atoms with E-state index in [2.05, 4.69) is 10.6 Å². The highest BCUT2D eigenvalue weighted by Crippen LogP contribution is 2.56. The Hall–Kier alpha value is -3.14. The average Bonchev–Trinajstić information content (AvgIpc) is 3.07. The highest BCUT2D eigenvalue weighted by molar-refractivity contribution is 6.40. The lowest BCUT2D eigenvalue weighted by Gasteiger charge is -2.41. The van der Waals surface area contributed by atoms with E-state index in [9.17, 15) is 24.3 Å². The highest BCUT2D eigenvalue weighted by Gasteiger charge is 2.54. The van der Waals surface area contributed by atoms with E-state index in [1.807, 2.05) is 20.8 Å². The van der Waals surface area contributed by atoms with Crippen LogP contribution in [-0.2, 0) is 25.5 Å². The second kappa shape index (κ2) is 12.4. The minimum atomic E-state index is -1.17. The molecular weight excluding hydrogens is 547 g/mol. The number of aliphatic carboxylic acids is 2. The number of nitrogens with one attached hydrogen (secondary N) is 2. The highest BCUT2D eigenvalue weighted by atomic mass is 35.5. The Balaban J connectivity index is 1.64. The third-order valence-corrected chi connectivity index (χ3v) is 8.46. The number of anilines is 1. The van der Waals surface area contributed by atoms with Crippen molar-refractivity contribution < 1.29 is 34.1 Å². The summed E-state index contributed by atoms with van der Waals surface area (Å²) < 4.78 is 5.35. The number of ether oxygens (including phenoxy) is 1. The first kappa shape index (κ1) is 30.4. The maximum absolute atomic E-state index is 13.2. The Labute approximate surface area is 236 Å². The summed E-state index contributed by atoms with van der Waals surface area (Å²) >= 11 is 12.2. The minimum Gasteiger partial charge on any atom is -0.480 e. The van der Waals surface area contributed by atoms with Gasteiger partial charge in [-0.2, -0.15) is 0 Å². The number of carboxylic acids is 2. The van der Waals surface area contributed by atoms with Crippen LogP contribution in [0.5, 0.6) is 0 Å². The van der Waals surface area contributed by atoms with E-state index in [0.717, 1.165) is 0 Å². The first-order valence-electron chi connectivity index (χ1n) is 12.4. The van der Waals surface area contributed by atoms with Gasteiger partial charge in [0.2, 0.25) is 5.91 Å². The molecule has 0 bridgehead atoms. The van der Waals surface area contributed by atoms with Crippen molar-refractivity contribution in [2.45, 2.75) is 46.1 Å². The number of rotatable bonds is 11. The Morgan fingerprint density at radius 1 is 1.03 bits per heavy atom. The van der Waals surface area contributed by atoms with Crippen molar-refractivity contribution in [2.75, 3.05) is 18.5 Å². The summed E-state index contributed by atoms with van der Waals surface area (Å²) in [5.74, 6) is -3.54. The molecule has 3 rings (SSSR count). The Bertz CT molecular complexity index is 1230. The number of carbonyl (C=O) groups is 4. The van der Waals surface area contributed by atoms with Gasteiger partial charge in [0.15, 0.2) is 0 Å². The van der Waals surface area contributed by atoms with Crippen LogP contribution in [-0.4, -0.2) is 53.2 Å². The number of hydrogen-bond acceptors (Lipinski definition) is 5. The quantitative estimate of drug-likeness (QED) is 0.297. The first-order chi connectivity index (χ1) is 18.2. The summed E-state index contributed by atoms with van der Waals surface area (Å²) in [5.41, 5.74) is 0.264. The summed E-state index contributed by atoms with van der Waals surface area (Å²) in [6.45, 7) is 5.57. The smallest absolute Gasteiger partial charge is 0.329 e. The van der Waals surface area contributed by atoms with Crippen LogP contribution >= 0.6 is 23.2 Å². The van der Waals surface area contributed by atoms with Gasteiger partial charge < -0.3 is 25.6 Å². The van der Waals surface area contributed by atoms with Gasteiger partial charge in [-0.15, -0.1) is 0 Å². The Morgan fingerprint density at radius 3 is 2.21 bits per heavy atom. The molecule has 1 aliphatic carbocycles. The molecule has 210 valence electrons. The molecule has 1 saturated carbocycles. The normalized spacial score (nSPS) is 20.7. The molecule has 4 N–H and O–H groups in total. The zero-order chi connectivity index (χ0) is 29.0. The van der Waals surface area contributed by atoms with E-state index in [1.165, 1.54) is 0 Å². The summed E-state index contributed by atoms with van der Waals surface area (Å²) in [7, 11) is 0. The lowest BCUT2D eigenvalue weighted by atomic mass is 9.66. The molecule has 0 radical (unpaired) electrons. The molecule has 3 atom stereocenters. The number of carboxylic acid groups (broad SMARTS) is 2. The standard InChI is InChI=1S/C28H32Cl2N2O7/c1-27(2)18(11-12-28(27,3)15-39-14-22(33)34)24(35)32-21(26(37)38)13-16-7-9-17(10-8-16)31-25(36)23-19(29)5-4-6-20(23)30/h4-10,18,21H,11-15H2,1-3H3,(H,31,36)(H,32,35)(H,33,34)(H,37,38)/t18-,21-,28+/m0/s1. The molecule has 0 aromatic heterocycles. The summed E-state index contributed by atoms with van der Waals surface area (Å²) in [6.07, 6.45) is 1.21. The molecule has 2 aromatic carbocycles. The fourth-order valence-corrected chi connectivity index (χ4v) is 5.56. The van der Waals surface area contributed by atoms with Gasteiger partial charge in [-0.25, -0.2) is 9.59 Å². The first-order valence-corrected chi connectivity index (χ1v) is 13.2. The lowest BCUT2D eigenvalue weighted by molar-refractivity contribution is -0.145. The third-order valence-electron chi connectivity index (χ3n) is 7.83. The molecule has 1 fully saturated rings. The van der Waals surface area contributed by atoms with E-state index < -0.39 is 47.2 Å². The van der Waals surface area contributed by atoms with Gasteiger partial charge in [-0.05, 0) is 53.5 Å². The van der Waals surface area contributed by atoms with Gasteiger partial charge in [0.25, 0.3) is 5.91 Å². The summed E-state index contributed by atoms with van der Waals surface area (Å²) in [5, 5.41) is 24.5. The molecule has 1 aliphatic rings. The second-order valence-corrected chi connectivity index (χ2v) is 11.4. The molecule has 9 nitrogen and oxygen atoms in total. The third kappa shape index (κ3) is 7.09. The molecule has 11 heteroatoms. The minimum absolute atomic E-state index is 0.0395. The van der Waals surface area contributed by atoms with Crippen LogP contribution in [0.4, 0.5) is 5.69 Å². The molecule has 0 heterocycles. The van der Waals surface area contributed by atoms with E-state index in [4.69, 9.17) is 33.0 Å². The van der Waals surface area contributed by atoms with Crippen LogP contribution in [0.25, 0.3) is 0 Å². The van der Waals surface area contributed by atoms with Crippen molar-refractivity contribution in [2.24, 2.45) is 16.7 Å². The number of carbonyl (C=O) groups excluding carboxylic acids is 2. The molecule has 0 spiro atoms. The molecular formula is C28H32Cl2N2O7. The van der Waals surface area contributed by atoms with E-state index in [1.54, 1.807) is 42.5 Å². The maximum atomic E-state index is 13.2. The van der Waals surface area contributed by atoms with Crippen molar-refractivity contribution in [1.29, 1.82) is 0 Å². The largest absolute Gasteiger partial charge is 0.480 e. The monoisotopic (exact) mass is 578 g/mol. The summed E-state index contributed by atoms with van der Waals surface area (Å²) in [4.78, 5) is 48.7.